The second-order valence-corrected chi connectivity index (χ2v) is 11.5. The molecule has 1 aromatic carbocycles. The van der Waals surface area contributed by atoms with Gasteiger partial charge in [0.15, 0.2) is 0 Å². The van der Waals surface area contributed by atoms with E-state index in [0.717, 1.165) is 24.1 Å². The van der Waals surface area contributed by atoms with E-state index in [9.17, 15) is 22.8 Å². The van der Waals surface area contributed by atoms with Gasteiger partial charge in [-0.25, -0.2) is 9.97 Å². The average Bonchev–Trinajstić information content (AvgIpc) is 3.45. The van der Waals surface area contributed by atoms with Crippen LogP contribution < -0.4 is 20.9 Å². The van der Waals surface area contributed by atoms with Crippen LogP contribution in [0.25, 0.3) is 0 Å². The zero-order chi connectivity index (χ0) is 31.4. The number of benzene rings is 1. The van der Waals surface area contributed by atoms with Crippen LogP contribution in [-0.4, -0.2) is 69.9 Å². The van der Waals surface area contributed by atoms with Gasteiger partial charge in [0.1, 0.15) is 17.2 Å². The first kappa shape index (κ1) is 33.5. The average molecular weight is 627 g/mol. The molecular formula is C32H41F3N8O2. The number of hydrogen-bond donors (Lipinski definition) is 3. The molecule has 2 fully saturated rings. The van der Waals surface area contributed by atoms with Crippen molar-refractivity contribution in [3.05, 3.63) is 65.5 Å². The van der Waals surface area contributed by atoms with Gasteiger partial charge < -0.3 is 25.8 Å². The molecule has 5 rings (SSSR count). The van der Waals surface area contributed by atoms with E-state index in [4.69, 9.17) is 0 Å². The van der Waals surface area contributed by atoms with Gasteiger partial charge in [-0.05, 0) is 70.0 Å². The molecule has 10 nitrogen and oxygen atoms in total. The highest BCUT2D eigenvalue weighted by molar-refractivity contribution is 5.94. The van der Waals surface area contributed by atoms with Crippen molar-refractivity contribution in [1.82, 2.24) is 25.2 Å². The second kappa shape index (κ2) is 14.1. The van der Waals surface area contributed by atoms with Crippen LogP contribution in [0.5, 0.6) is 0 Å². The maximum Gasteiger partial charge on any atom is 0.421 e. The molecule has 1 aliphatic carbocycles. The van der Waals surface area contributed by atoms with E-state index >= 15 is 0 Å². The number of halogens is 3. The molecule has 45 heavy (non-hydrogen) atoms. The minimum Gasteiger partial charge on any atom is -0.366 e. The Bertz CT molecular complexity index is 1470. The van der Waals surface area contributed by atoms with Crippen molar-refractivity contribution in [3.63, 3.8) is 0 Å². The Hall–Kier alpha value is -4.42. The first-order valence-corrected chi connectivity index (χ1v) is 14.8. The summed E-state index contributed by atoms with van der Waals surface area (Å²) in [7, 11) is 0. The number of rotatable bonds is 8. The third-order valence-electron chi connectivity index (χ3n) is 7.85. The number of hydrogen-bond acceptors (Lipinski definition) is 8. The van der Waals surface area contributed by atoms with Gasteiger partial charge in [0, 0.05) is 61.4 Å². The summed E-state index contributed by atoms with van der Waals surface area (Å²) in [4.78, 5) is 42.4. The molecule has 0 radical (unpaired) electrons. The molecule has 0 bridgehead atoms. The Morgan fingerprint density at radius 3 is 2.33 bits per heavy atom. The molecule has 1 saturated carbocycles. The van der Waals surface area contributed by atoms with Gasteiger partial charge in [0.25, 0.3) is 5.91 Å². The number of alkyl halides is 3. The number of anilines is 4. The molecular weight excluding hydrogens is 585 g/mol. The summed E-state index contributed by atoms with van der Waals surface area (Å²) in [6.45, 7) is 8.10. The van der Waals surface area contributed by atoms with Crippen molar-refractivity contribution in [2.24, 2.45) is 5.92 Å². The van der Waals surface area contributed by atoms with Gasteiger partial charge in [-0.2, -0.15) is 18.2 Å². The van der Waals surface area contributed by atoms with Crippen LogP contribution in [0, 0.1) is 12.8 Å². The molecule has 2 amide bonds. The lowest BCUT2D eigenvalue weighted by molar-refractivity contribution is -0.137. The summed E-state index contributed by atoms with van der Waals surface area (Å²) >= 11 is 0. The van der Waals surface area contributed by atoms with E-state index < -0.39 is 23.7 Å². The standard InChI is InChI=1S/C31H37F3N8O2.CH4/c1-19(2)36-28(43)23-7-5-8-25(23)39-27-24(31(32,33)34)18-35-30(40-27)38-22-12-10-21(11-13-22)29(44)42-16-14-41(15-17-42)26-9-4-6-20(3)37-26;/h4,6,9-13,18-19,23,25H,5,7-8,14-17H2,1-3H3,(H,36,43)(H2,35,38,39,40);1H4/t23-,25+;/m0./s1. The quantitative estimate of drug-likeness (QED) is 0.294. The predicted octanol–water partition coefficient (Wildman–Crippen LogP) is 5.65. The van der Waals surface area contributed by atoms with Crippen LogP contribution in [-0.2, 0) is 11.0 Å². The van der Waals surface area contributed by atoms with Gasteiger partial charge in [0.2, 0.25) is 11.9 Å². The fourth-order valence-corrected chi connectivity index (χ4v) is 5.62. The lowest BCUT2D eigenvalue weighted by atomic mass is 10.0. The lowest BCUT2D eigenvalue weighted by Crippen LogP contribution is -2.49. The summed E-state index contributed by atoms with van der Waals surface area (Å²) in [6.07, 6.45) is -2.10. The van der Waals surface area contributed by atoms with Crippen LogP contribution in [0.1, 0.15) is 62.2 Å². The molecule has 3 N–H and O–H groups in total. The van der Waals surface area contributed by atoms with Gasteiger partial charge in [-0.15, -0.1) is 0 Å². The zero-order valence-electron chi connectivity index (χ0n) is 25.0. The monoisotopic (exact) mass is 626 g/mol. The van der Waals surface area contributed by atoms with Crippen LogP contribution in [0.3, 0.4) is 0 Å². The van der Waals surface area contributed by atoms with E-state index in [1.54, 1.807) is 29.2 Å². The van der Waals surface area contributed by atoms with Crippen molar-refractivity contribution in [1.29, 1.82) is 0 Å². The fourth-order valence-electron chi connectivity index (χ4n) is 5.62. The van der Waals surface area contributed by atoms with Crippen molar-refractivity contribution < 1.29 is 22.8 Å². The van der Waals surface area contributed by atoms with Crippen molar-refractivity contribution in [2.45, 2.75) is 65.7 Å². The van der Waals surface area contributed by atoms with Crippen molar-refractivity contribution in [2.75, 3.05) is 41.7 Å². The Morgan fingerprint density at radius 1 is 0.978 bits per heavy atom. The fraction of sp³-hybridized carbons (Fsp3) is 0.469. The third-order valence-corrected chi connectivity index (χ3v) is 7.85. The first-order chi connectivity index (χ1) is 21.0. The van der Waals surface area contributed by atoms with Crippen molar-refractivity contribution >= 4 is 35.1 Å². The number of nitrogens with one attached hydrogen (secondary N) is 3. The Morgan fingerprint density at radius 2 is 1.69 bits per heavy atom. The number of carbonyl (C=O) groups excluding carboxylic acids is 2. The summed E-state index contributed by atoms with van der Waals surface area (Å²) in [5.74, 6) is -0.264. The SMILES string of the molecule is C.Cc1cccc(N2CCN(C(=O)c3ccc(Nc4ncc(C(F)(F)F)c(N[C@@H]5CCC[C@@H]5C(=O)NC(C)C)n4)cc3)CC2)n1. The summed E-state index contributed by atoms with van der Waals surface area (Å²) < 4.78 is 41.5. The topological polar surface area (TPSA) is 115 Å². The van der Waals surface area contributed by atoms with E-state index in [-0.39, 0.29) is 37.0 Å². The minimum atomic E-state index is -4.68. The number of pyridine rings is 1. The van der Waals surface area contributed by atoms with Gasteiger partial charge in [-0.3, -0.25) is 9.59 Å². The molecule has 1 aliphatic heterocycles. The molecule has 3 heterocycles. The van der Waals surface area contributed by atoms with E-state index in [1.165, 1.54) is 0 Å². The number of nitrogens with zero attached hydrogens (tertiary/aromatic N) is 5. The lowest BCUT2D eigenvalue weighted by Gasteiger charge is -2.35. The maximum atomic E-state index is 13.8. The Labute approximate surface area is 261 Å². The molecule has 0 unspecified atom stereocenters. The largest absolute Gasteiger partial charge is 0.421 e. The van der Waals surface area contributed by atoms with E-state index in [1.807, 2.05) is 39.0 Å². The molecule has 2 aromatic heterocycles. The number of aromatic nitrogens is 3. The third kappa shape index (κ3) is 8.20. The zero-order valence-corrected chi connectivity index (χ0v) is 25.0. The normalized spacial score (nSPS) is 18.4. The summed E-state index contributed by atoms with van der Waals surface area (Å²) in [5, 5.41) is 8.68. The van der Waals surface area contributed by atoms with Crippen LogP contribution in [0.15, 0.2) is 48.7 Å². The number of amides is 2. The molecule has 2 atom stereocenters. The van der Waals surface area contributed by atoms with Crippen LogP contribution in [0.4, 0.5) is 36.4 Å². The minimum absolute atomic E-state index is 0. The molecule has 13 heteroatoms. The number of piperazine rings is 1. The molecule has 242 valence electrons. The van der Waals surface area contributed by atoms with Crippen LogP contribution in [0.2, 0.25) is 0 Å². The van der Waals surface area contributed by atoms with E-state index in [0.29, 0.717) is 50.3 Å². The Kier molecular flexibility index (Phi) is 10.5. The summed E-state index contributed by atoms with van der Waals surface area (Å²) in [6, 6.07) is 12.0. The number of carbonyl (C=O) groups is 2. The molecule has 1 saturated heterocycles. The molecule has 3 aromatic rings. The van der Waals surface area contributed by atoms with Gasteiger partial charge >= 0.3 is 6.18 Å². The van der Waals surface area contributed by atoms with E-state index in [2.05, 4.69) is 35.8 Å². The highest BCUT2D eigenvalue weighted by Crippen LogP contribution is 2.37. The second-order valence-electron chi connectivity index (χ2n) is 11.5. The smallest absolute Gasteiger partial charge is 0.366 e. The summed E-state index contributed by atoms with van der Waals surface area (Å²) in [5.41, 5.74) is 0.952. The highest BCUT2D eigenvalue weighted by atomic mass is 19.4. The van der Waals surface area contributed by atoms with Crippen LogP contribution >= 0.6 is 0 Å². The molecule has 2 aliphatic rings. The Balaban J connectivity index is 0.00000461. The van der Waals surface area contributed by atoms with Gasteiger partial charge in [-0.1, -0.05) is 19.9 Å². The highest BCUT2D eigenvalue weighted by Gasteiger charge is 2.39. The van der Waals surface area contributed by atoms with Gasteiger partial charge in [0.05, 0.1) is 5.92 Å². The molecule has 0 spiro atoms. The predicted molar refractivity (Wildman–Crippen MR) is 169 cm³/mol. The first-order valence-electron chi connectivity index (χ1n) is 14.8. The van der Waals surface area contributed by atoms with Crippen molar-refractivity contribution in [3.8, 4) is 0 Å². The number of aryl methyl sites for hydroxylation is 1. The maximum absolute atomic E-state index is 13.8.